The van der Waals surface area contributed by atoms with Crippen molar-refractivity contribution in [2.75, 3.05) is 11.9 Å². The molecule has 0 saturated carbocycles. The highest BCUT2D eigenvalue weighted by molar-refractivity contribution is 6.30. The molecule has 2 aromatic rings. The molecule has 23 heavy (non-hydrogen) atoms. The van der Waals surface area contributed by atoms with E-state index in [0.29, 0.717) is 16.5 Å². The maximum atomic E-state index is 12.0. The van der Waals surface area contributed by atoms with Crippen LogP contribution >= 0.6 is 11.6 Å². The minimum Gasteiger partial charge on any atom is -0.484 e. The summed E-state index contributed by atoms with van der Waals surface area (Å²) in [4.78, 5) is 23.8. The molecule has 0 aliphatic rings. The minimum atomic E-state index is -0.670. The van der Waals surface area contributed by atoms with Crippen LogP contribution in [0.3, 0.4) is 0 Å². The number of carbonyl (C=O) groups excluding carboxylic acids is 2. The van der Waals surface area contributed by atoms with Crippen molar-refractivity contribution >= 4 is 29.1 Å². The predicted octanol–water partition coefficient (Wildman–Crippen LogP) is 2.86. The van der Waals surface area contributed by atoms with Gasteiger partial charge in [0.25, 0.3) is 5.91 Å². The molecule has 0 fully saturated rings. The van der Waals surface area contributed by atoms with Crippen molar-refractivity contribution in [3.05, 3.63) is 59.6 Å². The van der Waals surface area contributed by atoms with E-state index in [4.69, 9.17) is 16.3 Å². The number of hydrogen-bond acceptors (Lipinski definition) is 3. The molecule has 0 spiro atoms. The van der Waals surface area contributed by atoms with E-state index in [1.54, 1.807) is 43.3 Å². The molecule has 5 nitrogen and oxygen atoms in total. The number of amides is 2. The molecule has 0 bridgehead atoms. The summed E-state index contributed by atoms with van der Waals surface area (Å²) < 4.78 is 5.32. The van der Waals surface area contributed by atoms with Crippen LogP contribution in [-0.4, -0.2) is 24.5 Å². The standard InChI is InChI=1S/C17H17ClN2O3/c1-12(17(22)20-14-5-3-2-4-6-14)19-16(21)11-23-15-9-7-13(18)8-10-15/h2-10,12H,11H2,1H3,(H,19,21)(H,20,22)/t12-/m1/s1. The Labute approximate surface area is 139 Å². The Bertz CT molecular complexity index is 659. The third-order valence-electron chi connectivity index (χ3n) is 3.00. The van der Waals surface area contributed by atoms with Crippen LogP contribution in [0.4, 0.5) is 5.69 Å². The van der Waals surface area contributed by atoms with Gasteiger partial charge in [-0.25, -0.2) is 0 Å². The molecule has 0 aliphatic carbocycles. The fraction of sp³-hybridized carbons (Fsp3) is 0.176. The van der Waals surface area contributed by atoms with Gasteiger partial charge in [0.2, 0.25) is 5.91 Å². The highest BCUT2D eigenvalue weighted by atomic mass is 35.5. The number of para-hydroxylation sites is 1. The van der Waals surface area contributed by atoms with E-state index in [9.17, 15) is 9.59 Å². The van der Waals surface area contributed by atoms with Crippen LogP contribution in [0.2, 0.25) is 5.02 Å². The Kier molecular flexibility index (Phi) is 6.00. The quantitative estimate of drug-likeness (QED) is 0.854. The molecule has 0 aromatic heterocycles. The predicted molar refractivity (Wildman–Crippen MR) is 89.6 cm³/mol. The van der Waals surface area contributed by atoms with E-state index in [1.165, 1.54) is 0 Å². The maximum absolute atomic E-state index is 12.0. The van der Waals surface area contributed by atoms with Crippen LogP contribution in [0, 0.1) is 0 Å². The van der Waals surface area contributed by atoms with Crippen molar-refractivity contribution in [1.82, 2.24) is 5.32 Å². The van der Waals surface area contributed by atoms with Crippen LogP contribution in [0.25, 0.3) is 0 Å². The van der Waals surface area contributed by atoms with Crippen molar-refractivity contribution in [2.24, 2.45) is 0 Å². The van der Waals surface area contributed by atoms with E-state index in [0.717, 1.165) is 0 Å². The van der Waals surface area contributed by atoms with Gasteiger partial charge in [0.1, 0.15) is 11.8 Å². The number of halogens is 1. The molecule has 120 valence electrons. The minimum absolute atomic E-state index is 0.176. The van der Waals surface area contributed by atoms with Crippen LogP contribution in [0.15, 0.2) is 54.6 Å². The van der Waals surface area contributed by atoms with Crippen molar-refractivity contribution in [2.45, 2.75) is 13.0 Å². The largest absolute Gasteiger partial charge is 0.484 e. The van der Waals surface area contributed by atoms with Gasteiger partial charge in [0.05, 0.1) is 0 Å². The molecule has 0 saturated heterocycles. The molecular formula is C17H17ClN2O3. The third kappa shape index (κ3) is 5.64. The van der Waals surface area contributed by atoms with E-state index in [2.05, 4.69) is 10.6 Å². The Morgan fingerprint density at radius 2 is 1.74 bits per heavy atom. The lowest BCUT2D eigenvalue weighted by molar-refractivity contribution is -0.127. The van der Waals surface area contributed by atoms with Gasteiger partial charge in [-0.1, -0.05) is 29.8 Å². The van der Waals surface area contributed by atoms with Gasteiger partial charge in [-0.2, -0.15) is 0 Å². The van der Waals surface area contributed by atoms with Crippen molar-refractivity contribution < 1.29 is 14.3 Å². The Hall–Kier alpha value is -2.53. The Balaban J connectivity index is 1.77. The van der Waals surface area contributed by atoms with Crippen molar-refractivity contribution in [3.63, 3.8) is 0 Å². The number of carbonyl (C=O) groups is 2. The molecule has 0 aliphatic heterocycles. The van der Waals surface area contributed by atoms with Gasteiger partial charge in [-0.05, 0) is 43.3 Å². The monoisotopic (exact) mass is 332 g/mol. The molecule has 0 heterocycles. The normalized spacial score (nSPS) is 11.4. The van der Waals surface area contributed by atoms with E-state index in [1.807, 2.05) is 18.2 Å². The number of ether oxygens (including phenoxy) is 1. The molecule has 2 rings (SSSR count). The average Bonchev–Trinajstić information content (AvgIpc) is 2.55. The highest BCUT2D eigenvalue weighted by Crippen LogP contribution is 2.15. The molecule has 2 N–H and O–H groups in total. The molecule has 2 amide bonds. The summed E-state index contributed by atoms with van der Waals surface area (Å²) in [6.45, 7) is 1.43. The first-order valence-corrected chi connectivity index (χ1v) is 7.46. The lowest BCUT2D eigenvalue weighted by Gasteiger charge is -2.14. The first kappa shape index (κ1) is 16.8. The molecule has 2 aromatic carbocycles. The zero-order chi connectivity index (χ0) is 16.7. The summed E-state index contributed by atoms with van der Waals surface area (Å²) in [5, 5.41) is 5.89. The number of hydrogen-bond donors (Lipinski definition) is 2. The third-order valence-corrected chi connectivity index (χ3v) is 3.25. The van der Waals surface area contributed by atoms with Gasteiger partial charge in [-0.15, -0.1) is 0 Å². The molecular weight excluding hydrogens is 316 g/mol. The first-order valence-electron chi connectivity index (χ1n) is 7.08. The Morgan fingerprint density at radius 3 is 2.39 bits per heavy atom. The summed E-state index contributed by atoms with van der Waals surface area (Å²) in [6, 6.07) is 15.0. The number of anilines is 1. The number of benzene rings is 2. The van der Waals surface area contributed by atoms with Crippen LogP contribution in [0.5, 0.6) is 5.75 Å². The van der Waals surface area contributed by atoms with E-state index < -0.39 is 6.04 Å². The lowest BCUT2D eigenvalue weighted by Crippen LogP contribution is -2.43. The smallest absolute Gasteiger partial charge is 0.258 e. The van der Waals surface area contributed by atoms with Crippen LogP contribution in [-0.2, 0) is 9.59 Å². The first-order chi connectivity index (χ1) is 11.0. The zero-order valence-electron chi connectivity index (χ0n) is 12.6. The van der Waals surface area contributed by atoms with Gasteiger partial charge in [0, 0.05) is 10.7 Å². The second kappa shape index (κ2) is 8.19. The van der Waals surface area contributed by atoms with E-state index in [-0.39, 0.29) is 18.4 Å². The lowest BCUT2D eigenvalue weighted by atomic mass is 10.2. The van der Waals surface area contributed by atoms with Crippen LogP contribution < -0.4 is 15.4 Å². The molecule has 1 atom stereocenters. The number of nitrogens with one attached hydrogen (secondary N) is 2. The highest BCUT2D eigenvalue weighted by Gasteiger charge is 2.15. The molecule has 0 radical (unpaired) electrons. The summed E-state index contributed by atoms with van der Waals surface area (Å²) >= 11 is 5.77. The van der Waals surface area contributed by atoms with Gasteiger partial charge >= 0.3 is 0 Å². The van der Waals surface area contributed by atoms with Gasteiger partial charge < -0.3 is 15.4 Å². The molecule has 0 unspecified atom stereocenters. The second-order valence-electron chi connectivity index (χ2n) is 4.89. The van der Waals surface area contributed by atoms with Crippen molar-refractivity contribution in [1.29, 1.82) is 0 Å². The second-order valence-corrected chi connectivity index (χ2v) is 5.32. The van der Waals surface area contributed by atoms with Gasteiger partial charge in [0.15, 0.2) is 6.61 Å². The topological polar surface area (TPSA) is 67.4 Å². The number of rotatable bonds is 6. The maximum Gasteiger partial charge on any atom is 0.258 e. The van der Waals surface area contributed by atoms with Gasteiger partial charge in [-0.3, -0.25) is 9.59 Å². The van der Waals surface area contributed by atoms with E-state index >= 15 is 0 Å². The SMILES string of the molecule is C[C@@H](NC(=O)COc1ccc(Cl)cc1)C(=O)Nc1ccccc1. The van der Waals surface area contributed by atoms with Crippen molar-refractivity contribution in [3.8, 4) is 5.75 Å². The zero-order valence-corrected chi connectivity index (χ0v) is 13.3. The molecule has 6 heteroatoms. The fourth-order valence-corrected chi connectivity index (χ4v) is 1.93. The Morgan fingerprint density at radius 1 is 1.09 bits per heavy atom. The average molecular weight is 333 g/mol. The van der Waals surface area contributed by atoms with Crippen LogP contribution in [0.1, 0.15) is 6.92 Å². The summed E-state index contributed by atoms with van der Waals surface area (Å²) in [7, 11) is 0. The summed E-state index contributed by atoms with van der Waals surface area (Å²) in [5.41, 5.74) is 0.677. The summed E-state index contributed by atoms with van der Waals surface area (Å²) in [5.74, 6) is -0.141. The fourth-order valence-electron chi connectivity index (χ4n) is 1.80. The summed E-state index contributed by atoms with van der Waals surface area (Å²) in [6.07, 6.45) is 0.